The molecule has 0 saturated carbocycles. The standard InChI is InChI=1S/C18H18N4O5/c1-22(2)15-12(9-19-18(21-15)26-4)20-16(23)11-8-10-6-5-7-13(25-3)14(10)27-17(11)24/h5-9H,1-4H3,(H,20,23). The number of benzene rings is 1. The number of nitrogens with zero attached hydrogens (tertiary/aromatic N) is 3. The zero-order valence-corrected chi connectivity index (χ0v) is 15.3. The van der Waals surface area contributed by atoms with Gasteiger partial charge in [0.1, 0.15) is 11.3 Å². The van der Waals surface area contributed by atoms with E-state index in [0.29, 0.717) is 22.6 Å². The molecule has 0 saturated heterocycles. The number of fused-ring (bicyclic) bond motifs is 1. The third-order valence-electron chi connectivity index (χ3n) is 3.79. The molecule has 27 heavy (non-hydrogen) atoms. The SMILES string of the molecule is COc1ncc(NC(=O)c2cc3cccc(OC)c3oc2=O)c(N(C)C)n1. The van der Waals surface area contributed by atoms with Crippen LogP contribution in [0.25, 0.3) is 11.0 Å². The normalized spacial score (nSPS) is 10.5. The van der Waals surface area contributed by atoms with E-state index in [4.69, 9.17) is 13.9 Å². The van der Waals surface area contributed by atoms with Crippen LogP contribution in [0.3, 0.4) is 0 Å². The van der Waals surface area contributed by atoms with Crippen LogP contribution in [0.15, 0.2) is 39.7 Å². The second-order valence-electron chi connectivity index (χ2n) is 5.77. The maximum Gasteiger partial charge on any atom is 0.349 e. The van der Waals surface area contributed by atoms with E-state index in [0.717, 1.165) is 0 Å². The summed E-state index contributed by atoms with van der Waals surface area (Å²) in [4.78, 5) is 34.8. The van der Waals surface area contributed by atoms with Gasteiger partial charge in [-0.1, -0.05) is 12.1 Å². The van der Waals surface area contributed by atoms with Gasteiger partial charge in [-0.05, 0) is 12.1 Å². The molecule has 3 rings (SSSR count). The molecule has 9 nitrogen and oxygen atoms in total. The maximum absolute atomic E-state index is 12.7. The van der Waals surface area contributed by atoms with Crippen molar-refractivity contribution in [1.29, 1.82) is 0 Å². The Morgan fingerprint density at radius 2 is 2.00 bits per heavy atom. The number of carbonyl (C=O) groups excluding carboxylic acids is 1. The third-order valence-corrected chi connectivity index (χ3v) is 3.79. The van der Waals surface area contributed by atoms with Crippen molar-refractivity contribution in [2.24, 2.45) is 0 Å². The summed E-state index contributed by atoms with van der Waals surface area (Å²) in [5.41, 5.74) is -0.305. The van der Waals surface area contributed by atoms with E-state index in [2.05, 4.69) is 15.3 Å². The predicted molar refractivity (Wildman–Crippen MR) is 99.9 cm³/mol. The van der Waals surface area contributed by atoms with E-state index >= 15 is 0 Å². The predicted octanol–water partition coefficient (Wildman–Crippen LogP) is 1.92. The lowest BCUT2D eigenvalue weighted by Gasteiger charge is -2.16. The third kappa shape index (κ3) is 3.52. The van der Waals surface area contributed by atoms with Gasteiger partial charge in [0.15, 0.2) is 17.2 Å². The molecule has 0 aliphatic heterocycles. The van der Waals surface area contributed by atoms with Gasteiger partial charge < -0.3 is 24.1 Å². The van der Waals surface area contributed by atoms with E-state index in [1.165, 1.54) is 26.5 Å². The van der Waals surface area contributed by atoms with Gasteiger partial charge in [-0.2, -0.15) is 4.98 Å². The number of hydrogen-bond acceptors (Lipinski definition) is 8. The molecule has 0 spiro atoms. The fourth-order valence-corrected chi connectivity index (χ4v) is 2.51. The number of rotatable bonds is 5. The molecule has 3 aromatic rings. The van der Waals surface area contributed by atoms with Crippen LogP contribution in [0.5, 0.6) is 11.8 Å². The summed E-state index contributed by atoms with van der Waals surface area (Å²) in [6, 6.07) is 6.75. The number of anilines is 2. The Morgan fingerprint density at radius 3 is 2.67 bits per heavy atom. The number of nitrogens with one attached hydrogen (secondary N) is 1. The molecule has 1 aromatic carbocycles. The number of aromatic nitrogens is 2. The number of hydrogen-bond donors (Lipinski definition) is 1. The Balaban J connectivity index is 2.00. The molecule has 0 radical (unpaired) electrons. The molecular formula is C18H18N4O5. The number of ether oxygens (including phenoxy) is 2. The molecule has 1 N–H and O–H groups in total. The van der Waals surface area contributed by atoms with E-state index < -0.39 is 11.5 Å². The number of methoxy groups -OCH3 is 2. The van der Waals surface area contributed by atoms with Gasteiger partial charge in [0, 0.05) is 19.5 Å². The summed E-state index contributed by atoms with van der Waals surface area (Å²) in [7, 11) is 6.44. The van der Waals surface area contributed by atoms with Crippen LogP contribution in [0.1, 0.15) is 10.4 Å². The molecule has 0 atom stereocenters. The number of para-hydroxylation sites is 1. The minimum absolute atomic E-state index is 0.142. The summed E-state index contributed by atoms with van der Waals surface area (Å²) >= 11 is 0. The Morgan fingerprint density at radius 1 is 1.22 bits per heavy atom. The fraction of sp³-hybridized carbons (Fsp3) is 0.222. The van der Waals surface area contributed by atoms with Crippen LogP contribution in [-0.2, 0) is 0 Å². The highest BCUT2D eigenvalue weighted by Gasteiger charge is 2.18. The lowest BCUT2D eigenvalue weighted by Crippen LogP contribution is -2.23. The van der Waals surface area contributed by atoms with Crippen molar-refractivity contribution in [2.45, 2.75) is 0 Å². The largest absolute Gasteiger partial charge is 0.493 e. The number of carbonyl (C=O) groups is 1. The molecule has 9 heteroatoms. The van der Waals surface area contributed by atoms with Gasteiger partial charge in [-0.3, -0.25) is 4.79 Å². The highest BCUT2D eigenvalue weighted by molar-refractivity contribution is 6.06. The van der Waals surface area contributed by atoms with Crippen molar-refractivity contribution in [3.05, 3.63) is 46.4 Å². The molecule has 0 bridgehead atoms. The zero-order chi connectivity index (χ0) is 19.6. The van der Waals surface area contributed by atoms with Gasteiger partial charge in [0.05, 0.1) is 20.4 Å². The Labute approximate surface area is 154 Å². The van der Waals surface area contributed by atoms with Crippen molar-refractivity contribution in [3.8, 4) is 11.8 Å². The van der Waals surface area contributed by atoms with Crippen molar-refractivity contribution in [1.82, 2.24) is 9.97 Å². The van der Waals surface area contributed by atoms with Crippen molar-refractivity contribution in [3.63, 3.8) is 0 Å². The van der Waals surface area contributed by atoms with Crippen LogP contribution in [0.2, 0.25) is 0 Å². The molecule has 0 aliphatic rings. The zero-order valence-electron chi connectivity index (χ0n) is 15.3. The summed E-state index contributed by atoms with van der Waals surface area (Å²) in [6.07, 6.45) is 1.41. The Bertz CT molecular complexity index is 1060. The van der Waals surface area contributed by atoms with Crippen molar-refractivity contribution in [2.75, 3.05) is 38.5 Å². The molecule has 140 valence electrons. The summed E-state index contributed by atoms with van der Waals surface area (Å²) < 4.78 is 15.5. The van der Waals surface area contributed by atoms with Crippen LogP contribution in [0, 0.1) is 0 Å². The average molecular weight is 370 g/mol. The Hall–Kier alpha value is -3.62. The molecular weight excluding hydrogens is 352 g/mol. The first kappa shape index (κ1) is 18.2. The molecule has 1 amide bonds. The van der Waals surface area contributed by atoms with E-state index in [1.54, 1.807) is 37.2 Å². The maximum atomic E-state index is 12.7. The van der Waals surface area contributed by atoms with Gasteiger partial charge in [0.2, 0.25) is 0 Å². The minimum Gasteiger partial charge on any atom is -0.493 e. The van der Waals surface area contributed by atoms with Gasteiger partial charge in [0.25, 0.3) is 5.91 Å². The lowest BCUT2D eigenvalue weighted by molar-refractivity contribution is 0.102. The molecule has 2 heterocycles. The number of amides is 1. The van der Waals surface area contributed by atoms with E-state index in [1.807, 2.05) is 0 Å². The molecule has 0 unspecified atom stereocenters. The monoisotopic (exact) mass is 370 g/mol. The highest BCUT2D eigenvalue weighted by Crippen LogP contribution is 2.26. The molecule has 0 fully saturated rings. The first-order valence-corrected chi connectivity index (χ1v) is 7.95. The first-order valence-electron chi connectivity index (χ1n) is 7.95. The minimum atomic E-state index is -0.773. The van der Waals surface area contributed by atoms with Crippen LogP contribution in [-0.4, -0.2) is 44.2 Å². The fourth-order valence-electron chi connectivity index (χ4n) is 2.51. The second-order valence-corrected chi connectivity index (χ2v) is 5.77. The summed E-state index contributed by atoms with van der Waals surface area (Å²) in [6.45, 7) is 0. The van der Waals surface area contributed by atoms with E-state index in [-0.39, 0.29) is 17.2 Å². The van der Waals surface area contributed by atoms with Gasteiger partial charge in [-0.15, -0.1) is 0 Å². The van der Waals surface area contributed by atoms with Crippen molar-refractivity contribution < 1.29 is 18.7 Å². The summed E-state index contributed by atoms with van der Waals surface area (Å²) in [5.74, 6) is 0.211. The van der Waals surface area contributed by atoms with Gasteiger partial charge in [-0.25, -0.2) is 9.78 Å². The average Bonchev–Trinajstić information content (AvgIpc) is 2.67. The molecule has 0 aliphatic carbocycles. The lowest BCUT2D eigenvalue weighted by atomic mass is 10.1. The van der Waals surface area contributed by atoms with E-state index in [9.17, 15) is 9.59 Å². The first-order chi connectivity index (χ1) is 12.9. The second kappa shape index (κ2) is 7.32. The van der Waals surface area contributed by atoms with Gasteiger partial charge >= 0.3 is 11.6 Å². The quantitative estimate of drug-likeness (QED) is 0.679. The van der Waals surface area contributed by atoms with Crippen LogP contribution in [0.4, 0.5) is 11.5 Å². The van der Waals surface area contributed by atoms with Crippen molar-refractivity contribution >= 4 is 28.4 Å². The summed E-state index contributed by atoms with van der Waals surface area (Å²) in [5, 5.41) is 3.21. The van der Waals surface area contributed by atoms with Crippen LogP contribution < -0.4 is 25.3 Å². The highest BCUT2D eigenvalue weighted by atomic mass is 16.5. The molecule has 2 aromatic heterocycles. The Kier molecular flexibility index (Phi) is 4.93. The smallest absolute Gasteiger partial charge is 0.349 e. The topological polar surface area (TPSA) is 107 Å². The van der Waals surface area contributed by atoms with Crippen LogP contribution >= 0.6 is 0 Å².